The number of H-pyrrole nitrogens is 2. The predicted octanol–water partition coefficient (Wildman–Crippen LogP) is 1.54. The number of nitrogens with one attached hydrogen (secondary N) is 5. The van der Waals surface area contributed by atoms with Crippen LogP contribution in [0.5, 0.6) is 5.75 Å². The largest absolute Gasteiger partial charge is 0.508 e. The van der Waals surface area contributed by atoms with Crippen molar-refractivity contribution in [1.29, 1.82) is 0 Å². The molecule has 2 aromatic carbocycles. The number of carboxylic acids is 1. The molecule has 0 fully saturated rings. The lowest BCUT2D eigenvalue weighted by atomic mass is 9.96. The molecule has 5 unspecified atom stereocenters. The van der Waals surface area contributed by atoms with E-state index in [9.17, 15) is 29.4 Å². The van der Waals surface area contributed by atoms with Crippen LogP contribution in [0.1, 0.15) is 37.1 Å². The molecule has 0 aliphatic carbocycles. The number of carboxylic acid groups (broad SMARTS) is 1. The van der Waals surface area contributed by atoms with Crippen LogP contribution in [0.4, 0.5) is 0 Å². The number of amides is 3. The summed E-state index contributed by atoms with van der Waals surface area (Å²) in [6, 6.07) is 9.28. The first-order valence-corrected chi connectivity index (χ1v) is 14.7. The van der Waals surface area contributed by atoms with Gasteiger partial charge < -0.3 is 41.9 Å². The third-order valence-electron chi connectivity index (χ3n) is 7.85. The van der Waals surface area contributed by atoms with E-state index in [2.05, 4.69) is 30.9 Å². The van der Waals surface area contributed by atoms with E-state index < -0.39 is 47.9 Å². The average Bonchev–Trinajstić information content (AvgIpc) is 3.69. The molecule has 0 spiro atoms. The minimum atomic E-state index is -1.25. The fourth-order valence-electron chi connectivity index (χ4n) is 5.02. The maximum Gasteiger partial charge on any atom is 0.326 e. The summed E-state index contributed by atoms with van der Waals surface area (Å²) < 4.78 is 0. The van der Waals surface area contributed by atoms with Crippen LogP contribution in [0, 0.1) is 5.92 Å². The minimum Gasteiger partial charge on any atom is -0.508 e. The van der Waals surface area contributed by atoms with E-state index in [1.165, 1.54) is 24.7 Å². The van der Waals surface area contributed by atoms with Crippen LogP contribution in [0.15, 0.2) is 67.3 Å². The van der Waals surface area contributed by atoms with Crippen molar-refractivity contribution in [2.24, 2.45) is 11.7 Å². The van der Waals surface area contributed by atoms with Crippen molar-refractivity contribution in [1.82, 2.24) is 30.9 Å². The van der Waals surface area contributed by atoms with Crippen LogP contribution >= 0.6 is 0 Å². The number of phenolic OH excluding ortho intramolecular Hbond substituents is 1. The lowest BCUT2D eigenvalue weighted by molar-refractivity contribution is -0.142. The van der Waals surface area contributed by atoms with Gasteiger partial charge in [-0.25, -0.2) is 9.78 Å². The maximum absolute atomic E-state index is 13.7. The van der Waals surface area contributed by atoms with Crippen LogP contribution in [0.25, 0.3) is 10.9 Å². The molecule has 13 heteroatoms. The number of aromatic hydroxyl groups is 1. The van der Waals surface area contributed by atoms with E-state index in [1.54, 1.807) is 25.3 Å². The normalized spacial score (nSPS) is 14.6. The smallest absolute Gasteiger partial charge is 0.326 e. The molecule has 13 nitrogen and oxygen atoms in total. The monoisotopic (exact) mass is 617 g/mol. The van der Waals surface area contributed by atoms with Gasteiger partial charge in [0, 0.05) is 41.8 Å². The molecule has 45 heavy (non-hydrogen) atoms. The highest BCUT2D eigenvalue weighted by molar-refractivity contribution is 5.94. The van der Waals surface area contributed by atoms with Crippen LogP contribution in [0.3, 0.4) is 0 Å². The van der Waals surface area contributed by atoms with Gasteiger partial charge in [-0.05, 0) is 41.7 Å². The molecule has 5 atom stereocenters. The fourth-order valence-corrected chi connectivity index (χ4v) is 5.02. The quantitative estimate of drug-likeness (QED) is 0.0977. The lowest BCUT2D eigenvalue weighted by Crippen LogP contribution is -2.59. The SMILES string of the molecule is CCC(C)C(NC(=O)C(Cc1cnc[nH]1)NC(=O)C(N)Cc1ccc(O)cc1)C(=O)NC(Cc1c[nH]c2ccccc12)C(=O)O. The first kappa shape index (κ1) is 32.7. The zero-order valence-corrected chi connectivity index (χ0v) is 25.1. The Kier molecular flexibility index (Phi) is 10.9. The van der Waals surface area contributed by atoms with Crippen molar-refractivity contribution < 1.29 is 29.4 Å². The first-order chi connectivity index (χ1) is 21.5. The maximum atomic E-state index is 13.7. The molecule has 9 N–H and O–H groups in total. The predicted molar refractivity (Wildman–Crippen MR) is 167 cm³/mol. The molecule has 2 heterocycles. The highest BCUT2D eigenvalue weighted by Crippen LogP contribution is 2.20. The van der Waals surface area contributed by atoms with Gasteiger partial charge in [0.2, 0.25) is 17.7 Å². The molecular formula is C32H39N7O6. The molecule has 0 saturated carbocycles. The summed E-state index contributed by atoms with van der Waals surface area (Å²) in [6.07, 6.45) is 5.42. The number of nitrogens with zero attached hydrogens (tertiary/aromatic N) is 1. The van der Waals surface area contributed by atoms with Gasteiger partial charge in [0.1, 0.15) is 23.9 Å². The van der Waals surface area contributed by atoms with E-state index in [-0.39, 0.29) is 30.9 Å². The van der Waals surface area contributed by atoms with Gasteiger partial charge in [-0.15, -0.1) is 0 Å². The molecule has 0 saturated heterocycles. The van der Waals surface area contributed by atoms with Gasteiger partial charge >= 0.3 is 5.97 Å². The summed E-state index contributed by atoms with van der Waals surface area (Å²) in [4.78, 5) is 62.5. The Morgan fingerprint density at radius 3 is 2.27 bits per heavy atom. The Bertz CT molecular complexity index is 1600. The summed E-state index contributed by atoms with van der Waals surface area (Å²) in [5.74, 6) is -3.37. The number of aromatic amines is 2. The Labute approximate surface area is 260 Å². The number of imidazole rings is 1. The number of aromatic nitrogens is 3. The molecule has 4 aromatic rings. The number of nitrogens with two attached hydrogens (primary N) is 1. The molecule has 2 aromatic heterocycles. The van der Waals surface area contributed by atoms with Crippen LogP contribution < -0.4 is 21.7 Å². The van der Waals surface area contributed by atoms with Crippen molar-refractivity contribution in [3.8, 4) is 5.75 Å². The van der Waals surface area contributed by atoms with Crippen LogP contribution in [-0.4, -0.2) is 73.0 Å². The van der Waals surface area contributed by atoms with E-state index in [0.29, 0.717) is 12.1 Å². The third-order valence-corrected chi connectivity index (χ3v) is 7.85. The molecule has 238 valence electrons. The standard InChI is InChI=1S/C32H39N7O6/c1-3-18(2)28(31(43)38-27(32(44)45)13-20-15-35-25-7-5-4-6-23(20)25)39-30(42)26(14-21-16-34-17-36-21)37-29(41)24(33)12-19-8-10-22(40)11-9-19/h4-11,15-18,24,26-28,35,40H,3,12-14,33H2,1-2H3,(H,34,36)(H,37,41)(H,38,43)(H,39,42)(H,44,45). The summed E-state index contributed by atoms with van der Waals surface area (Å²) in [6.45, 7) is 3.62. The minimum absolute atomic E-state index is 0.0314. The number of rotatable bonds is 15. The Morgan fingerprint density at radius 1 is 0.889 bits per heavy atom. The molecule has 3 amide bonds. The van der Waals surface area contributed by atoms with Crippen LogP contribution in [0.2, 0.25) is 0 Å². The van der Waals surface area contributed by atoms with Gasteiger partial charge in [-0.1, -0.05) is 50.6 Å². The van der Waals surface area contributed by atoms with Gasteiger partial charge in [-0.3, -0.25) is 14.4 Å². The topological polar surface area (TPSA) is 215 Å². The second kappa shape index (κ2) is 15.0. The summed E-state index contributed by atoms with van der Waals surface area (Å²) in [7, 11) is 0. The number of para-hydroxylation sites is 1. The number of benzene rings is 2. The molecule has 0 radical (unpaired) electrons. The number of phenols is 1. The molecule has 0 aliphatic heterocycles. The second-order valence-corrected chi connectivity index (χ2v) is 11.2. The van der Waals surface area contributed by atoms with Gasteiger partial charge in [-0.2, -0.15) is 0 Å². The zero-order chi connectivity index (χ0) is 32.5. The fraction of sp³-hybridized carbons (Fsp3) is 0.344. The van der Waals surface area contributed by atoms with Crippen molar-refractivity contribution in [3.05, 3.63) is 84.1 Å². The van der Waals surface area contributed by atoms with E-state index in [1.807, 2.05) is 31.2 Å². The number of carbonyl (C=O) groups is 4. The molecule has 0 bridgehead atoms. The molecule has 0 aliphatic rings. The van der Waals surface area contributed by atoms with Gasteiger partial charge in [0.05, 0.1) is 12.4 Å². The molecule has 4 rings (SSSR count). The highest BCUT2D eigenvalue weighted by Gasteiger charge is 2.33. The average molecular weight is 618 g/mol. The van der Waals surface area contributed by atoms with E-state index in [4.69, 9.17) is 5.73 Å². The van der Waals surface area contributed by atoms with Crippen molar-refractivity contribution >= 4 is 34.6 Å². The van der Waals surface area contributed by atoms with Crippen LogP contribution in [-0.2, 0) is 38.4 Å². The van der Waals surface area contributed by atoms with Crippen molar-refractivity contribution in [2.75, 3.05) is 0 Å². The highest BCUT2D eigenvalue weighted by atomic mass is 16.4. The third kappa shape index (κ3) is 8.70. The van der Waals surface area contributed by atoms with Gasteiger partial charge in [0.25, 0.3) is 0 Å². The molecular weight excluding hydrogens is 578 g/mol. The Hall–Kier alpha value is -5.17. The Balaban J connectivity index is 1.48. The summed E-state index contributed by atoms with van der Waals surface area (Å²) in [5.41, 5.74) is 9.02. The number of aliphatic carboxylic acids is 1. The number of carbonyl (C=O) groups excluding carboxylic acids is 3. The van der Waals surface area contributed by atoms with Gasteiger partial charge in [0.15, 0.2) is 0 Å². The van der Waals surface area contributed by atoms with Crippen molar-refractivity contribution in [3.63, 3.8) is 0 Å². The second-order valence-electron chi connectivity index (χ2n) is 11.2. The Morgan fingerprint density at radius 2 is 1.60 bits per heavy atom. The number of hydrogen-bond donors (Lipinski definition) is 8. The van der Waals surface area contributed by atoms with Crippen molar-refractivity contribution in [2.45, 2.75) is 63.7 Å². The first-order valence-electron chi connectivity index (χ1n) is 14.7. The number of hydrogen-bond acceptors (Lipinski definition) is 7. The van der Waals surface area contributed by atoms with E-state index >= 15 is 0 Å². The zero-order valence-electron chi connectivity index (χ0n) is 25.1. The summed E-state index contributed by atoms with van der Waals surface area (Å²) in [5, 5.41) is 28.4. The lowest BCUT2D eigenvalue weighted by Gasteiger charge is -2.28. The van der Waals surface area contributed by atoms with E-state index in [0.717, 1.165) is 22.0 Å². The summed E-state index contributed by atoms with van der Waals surface area (Å²) >= 11 is 0. The number of fused-ring (bicyclic) bond motifs is 1.